The van der Waals surface area contributed by atoms with Crippen molar-refractivity contribution in [3.8, 4) is 11.8 Å². The summed E-state index contributed by atoms with van der Waals surface area (Å²) in [5.74, 6) is 6.35. The van der Waals surface area contributed by atoms with Crippen molar-refractivity contribution in [2.24, 2.45) is 0 Å². The standard InChI is InChI=1S/C17H34N/c1-5-6-7-8-9-10-11-12-13-14-15-16-17-18(2,3)4/h5,8-17H2,1-4H3/q+1. The normalized spacial score (nSPS) is 11.1. The van der Waals surface area contributed by atoms with Crippen LogP contribution in [-0.2, 0) is 0 Å². The van der Waals surface area contributed by atoms with Gasteiger partial charge in [-0.25, -0.2) is 0 Å². The number of hydrogen-bond donors (Lipinski definition) is 0. The maximum atomic E-state index is 3.22. The molecule has 0 bridgehead atoms. The van der Waals surface area contributed by atoms with E-state index in [2.05, 4.69) is 39.9 Å². The molecule has 0 saturated carbocycles. The van der Waals surface area contributed by atoms with Gasteiger partial charge < -0.3 is 4.48 Å². The minimum atomic E-state index is 1.01. The van der Waals surface area contributed by atoms with E-state index >= 15 is 0 Å². The third-order valence-electron chi connectivity index (χ3n) is 3.18. The second kappa shape index (κ2) is 11.6. The van der Waals surface area contributed by atoms with E-state index in [0.29, 0.717) is 0 Å². The van der Waals surface area contributed by atoms with Gasteiger partial charge in [0.1, 0.15) is 0 Å². The molecule has 0 aliphatic heterocycles. The smallest absolute Gasteiger partial charge is 0.0780 e. The monoisotopic (exact) mass is 252 g/mol. The first-order valence-electron chi connectivity index (χ1n) is 7.82. The Bertz CT molecular complexity index is 226. The summed E-state index contributed by atoms with van der Waals surface area (Å²) in [6.07, 6.45) is 13.3. The molecule has 0 spiro atoms. The highest BCUT2D eigenvalue weighted by Gasteiger charge is 2.04. The molecule has 0 rings (SSSR count). The number of nitrogens with zero attached hydrogens (tertiary/aromatic N) is 1. The number of unbranched alkanes of at least 4 members (excludes halogenated alkanes) is 8. The van der Waals surface area contributed by atoms with Crippen molar-refractivity contribution in [3.63, 3.8) is 0 Å². The first-order chi connectivity index (χ1) is 8.56. The van der Waals surface area contributed by atoms with Crippen molar-refractivity contribution in [1.82, 2.24) is 0 Å². The van der Waals surface area contributed by atoms with Crippen LogP contribution in [0.15, 0.2) is 0 Å². The van der Waals surface area contributed by atoms with E-state index in [9.17, 15) is 0 Å². The van der Waals surface area contributed by atoms with Crippen LogP contribution in [0.2, 0.25) is 0 Å². The molecule has 0 aromatic rings. The van der Waals surface area contributed by atoms with Crippen molar-refractivity contribution in [1.29, 1.82) is 0 Å². The zero-order chi connectivity index (χ0) is 13.7. The number of hydrogen-bond acceptors (Lipinski definition) is 0. The minimum Gasteiger partial charge on any atom is -0.331 e. The van der Waals surface area contributed by atoms with E-state index in [1.165, 1.54) is 57.9 Å². The summed E-state index contributed by atoms with van der Waals surface area (Å²) < 4.78 is 1.11. The lowest BCUT2D eigenvalue weighted by atomic mass is 10.1. The van der Waals surface area contributed by atoms with Gasteiger partial charge in [-0.2, -0.15) is 0 Å². The van der Waals surface area contributed by atoms with E-state index in [1.807, 2.05) is 0 Å². The van der Waals surface area contributed by atoms with Gasteiger partial charge in [-0.1, -0.05) is 39.0 Å². The maximum Gasteiger partial charge on any atom is 0.0780 e. The predicted octanol–water partition coefficient (Wildman–Crippen LogP) is 4.62. The van der Waals surface area contributed by atoms with Gasteiger partial charge in [0.2, 0.25) is 0 Å². The van der Waals surface area contributed by atoms with Gasteiger partial charge in [0, 0.05) is 12.8 Å². The predicted molar refractivity (Wildman–Crippen MR) is 82.5 cm³/mol. The Kier molecular flexibility index (Phi) is 11.3. The molecule has 0 amide bonds. The molecule has 0 saturated heterocycles. The number of quaternary nitrogens is 1. The third kappa shape index (κ3) is 15.5. The van der Waals surface area contributed by atoms with Crippen LogP contribution in [0.3, 0.4) is 0 Å². The zero-order valence-electron chi connectivity index (χ0n) is 13.2. The summed E-state index contributed by atoms with van der Waals surface area (Å²) >= 11 is 0. The van der Waals surface area contributed by atoms with Gasteiger partial charge in [-0.15, -0.1) is 11.8 Å². The molecule has 0 fully saturated rings. The van der Waals surface area contributed by atoms with E-state index in [-0.39, 0.29) is 0 Å². The molecular weight excluding hydrogens is 218 g/mol. The lowest BCUT2D eigenvalue weighted by molar-refractivity contribution is -0.870. The SMILES string of the molecule is CCC#CCCCCCCCCCC[N+](C)(C)C. The highest BCUT2D eigenvalue weighted by atomic mass is 15.3. The summed E-state index contributed by atoms with van der Waals surface area (Å²) in [7, 11) is 6.84. The first-order valence-corrected chi connectivity index (χ1v) is 7.82. The van der Waals surface area contributed by atoms with Crippen LogP contribution in [0.1, 0.15) is 71.1 Å². The van der Waals surface area contributed by atoms with Gasteiger partial charge in [0.05, 0.1) is 27.7 Å². The fraction of sp³-hybridized carbons (Fsp3) is 0.882. The van der Waals surface area contributed by atoms with Crippen LogP contribution < -0.4 is 0 Å². The van der Waals surface area contributed by atoms with Crippen molar-refractivity contribution < 1.29 is 4.48 Å². The van der Waals surface area contributed by atoms with E-state index in [1.54, 1.807) is 0 Å². The molecule has 0 aliphatic carbocycles. The Morgan fingerprint density at radius 3 is 1.67 bits per heavy atom. The summed E-state index contributed by atoms with van der Waals surface area (Å²) in [5, 5.41) is 0. The average molecular weight is 252 g/mol. The molecule has 0 aliphatic rings. The fourth-order valence-electron chi connectivity index (χ4n) is 2.07. The fourth-order valence-corrected chi connectivity index (χ4v) is 2.07. The van der Waals surface area contributed by atoms with Crippen LogP contribution in [0.5, 0.6) is 0 Å². The lowest BCUT2D eigenvalue weighted by Crippen LogP contribution is -2.35. The molecule has 0 radical (unpaired) electrons. The van der Waals surface area contributed by atoms with Gasteiger partial charge in [-0.3, -0.25) is 0 Å². The average Bonchev–Trinajstić information content (AvgIpc) is 2.29. The molecule has 0 heterocycles. The first kappa shape index (κ1) is 17.5. The van der Waals surface area contributed by atoms with Crippen LogP contribution in [0, 0.1) is 11.8 Å². The van der Waals surface area contributed by atoms with E-state index in [4.69, 9.17) is 0 Å². The number of rotatable bonds is 10. The Morgan fingerprint density at radius 1 is 0.667 bits per heavy atom. The van der Waals surface area contributed by atoms with Gasteiger partial charge >= 0.3 is 0 Å². The highest BCUT2D eigenvalue weighted by molar-refractivity contribution is 4.97. The van der Waals surface area contributed by atoms with Gasteiger partial charge in [-0.05, 0) is 19.3 Å². The molecule has 0 aromatic heterocycles. The summed E-state index contributed by atoms with van der Waals surface area (Å²) in [6.45, 7) is 3.43. The molecule has 1 nitrogen and oxygen atoms in total. The Hall–Kier alpha value is -0.480. The molecule has 18 heavy (non-hydrogen) atoms. The molecule has 1 heteroatoms. The van der Waals surface area contributed by atoms with Crippen LogP contribution >= 0.6 is 0 Å². The Morgan fingerprint density at radius 2 is 1.17 bits per heavy atom. The van der Waals surface area contributed by atoms with E-state index in [0.717, 1.165) is 17.3 Å². The van der Waals surface area contributed by atoms with Crippen molar-refractivity contribution in [2.45, 2.75) is 71.1 Å². The molecule has 106 valence electrons. The second-order valence-corrected chi connectivity index (χ2v) is 6.30. The molecule has 0 aromatic carbocycles. The van der Waals surface area contributed by atoms with Gasteiger partial charge in [0.15, 0.2) is 0 Å². The molecule has 0 N–H and O–H groups in total. The minimum absolute atomic E-state index is 1.01. The zero-order valence-corrected chi connectivity index (χ0v) is 13.2. The lowest BCUT2D eigenvalue weighted by Gasteiger charge is -2.23. The van der Waals surface area contributed by atoms with Crippen LogP contribution in [0.25, 0.3) is 0 Å². The van der Waals surface area contributed by atoms with Gasteiger partial charge in [0.25, 0.3) is 0 Å². The molecule has 0 atom stereocenters. The van der Waals surface area contributed by atoms with Crippen molar-refractivity contribution >= 4 is 0 Å². The molecule has 0 unspecified atom stereocenters. The highest BCUT2D eigenvalue weighted by Crippen LogP contribution is 2.10. The summed E-state index contributed by atoms with van der Waals surface area (Å²) in [5.41, 5.74) is 0. The second-order valence-electron chi connectivity index (χ2n) is 6.30. The van der Waals surface area contributed by atoms with Crippen molar-refractivity contribution in [3.05, 3.63) is 0 Å². The maximum absolute atomic E-state index is 3.22. The van der Waals surface area contributed by atoms with Crippen LogP contribution in [-0.4, -0.2) is 32.2 Å². The van der Waals surface area contributed by atoms with Crippen LogP contribution in [0.4, 0.5) is 0 Å². The molecular formula is C17H34N+. The Labute approximate surface area is 116 Å². The largest absolute Gasteiger partial charge is 0.331 e. The summed E-state index contributed by atoms with van der Waals surface area (Å²) in [6, 6.07) is 0. The Balaban J connectivity index is 3.08. The quantitative estimate of drug-likeness (QED) is 0.302. The topological polar surface area (TPSA) is 0 Å². The summed E-state index contributed by atoms with van der Waals surface area (Å²) in [4.78, 5) is 0. The third-order valence-corrected chi connectivity index (χ3v) is 3.18. The van der Waals surface area contributed by atoms with Crippen molar-refractivity contribution in [2.75, 3.05) is 27.7 Å². The van der Waals surface area contributed by atoms with E-state index < -0.39 is 0 Å².